The van der Waals surface area contributed by atoms with Crippen LogP contribution in [0.25, 0.3) is 10.9 Å². The largest absolute Gasteiger partial charge is 0.497 e. The predicted molar refractivity (Wildman–Crippen MR) is 258 cm³/mol. The summed E-state index contributed by atoms with van der Waals surface area (Å²) in [6, 6.07) is 8.12. The highest BCUT2D eigenvalue weighted by atomic mass is 32.2. The molecule has 0 N–H and O–H groups in total. The number of methoxy groups -OCH3 is 1. The van der Waals surface area contributed by atoms with Crippen LogP contribution < -0.4 is 14.4 Å². The number of likely N-dealkylation sites (tertiary alicyclic amines) is 1. The summed E-state index contributed by atoms with van der Waals surface area (Å²) in [6.07, 6.45) is 28.4. The Bertz CT molecular complexity index is 1950. The molecular formula is C52H81F2N5O4S. The molecule has 0 saturated carbocycles. The maximum Gasteiger partial charge on any atom is 0.213 e. The van der Waals surface area contributed by atoms with Gasteiger partial charge in [-0.1, -0.05) is 123 Å². The number of halogens is 2. The Morgan fingerprint density at radius 1 is 0.625 bits per heavy atom. The van der Waals surface area contributed by atoms with E-state index in [0.29, 0.717) is 47.5 Å². The number of ether oxygens (including phenoxy) is 2. The van der Waals surface area contributed by atoms with Gasteiger partial charge >= 0.3 is 0 Å². The smallest absolute Gasteiger partial charge is 0.213 e. The topological polar surface area (TPSA) is 78.4 Å². The first-order chi connectivity index (χ1) is 31.2. The minimum atomic E-state index is -4.55. The predicted octanol–water partition coefficient (Wildman–Crippen LogP) is 11.8. The highest BCUT2D eigenvalue weighted by molar-refractivity contribution is 7.91. The average Bonchev–Trinajstić information content (AvgIpc) is 3.32. The number of rotatable bonds is 27. The fourth-order valence-corrected chi connectivity index (χ4v) is 11.9. The summed E-state index contributed by atoms with van der Waals surface area (Å²) in [5.74, 6) is -1.65. The third-order valence-corrected chi connectivity index (χ3v) is 16.3. The molecule has 12 heteroatoms. The number of hydrogen-bond donors (Lipinski definition) is 0. The quantitative estimate of drug-likeness (QED) is 0.0695. The zero-order valence-electron chi connectivity index (χ0n) is 39.8. The van der Waals surface area contributed by atoms with Crippen LogP contribution in [0, 0.1) is 11.6 Å². The van der Waals surface area contributed by atoms with Gasteiger partial charge in [0.05, 0.1) is 24.9 Å². The fourth-order valence-electron chi connectivity index (χ4n) is 10.4. The highest BCUT2D eigenvalue weighted by Gasteiger charge is 2.35. The number of fused-ring (bicyclic) bond motifs is 1. The molecule has 0 aliphatic carbocycles. The van der Waals surface area contributed by atoms with Gasteiger partial charge in [-0.2, -0.15) is 0 Å². The van der Waals surface area contributed by atoms with Gasteiger partial charge in [0.1, 0.15) is 21.4 Å². The van der Waals surface area contributed by atoms with Crippen LogP contribution >= 0.6 is 0 Å². The number of aromatic nitrogens is 1. The van der Waals surface area contributed by atoms with Gasteiger partial charge in [0.15, 0.2) is 11.6 Å². The van der Waals surface area contributed by atoms with Crippen LogP contribution in [0.15, 0.2) is 46.3 Å². The third-order valence-electron chi connectivity index (χ3n) is 14.5. The molecule has 4 heterocycles. The molecule has 9 nitrogen and oxygen atoms in total. The number of unbranched alkanes of at least 4 members (excludes halogenated alkanes) is 17. The Morgan fingerprint density at radius 2 is 1.14 bits per heavy atom. The molecule has 1 aromatic heterocycles. The average molecular weight is 910 g/mol. The van der Waals surface area contributed by atoms with Crippen molar-refractivity contribution in [3.05, 3.63) is 48.2 Å². The lowest BCUT2D eigenvalue weighted by atomic mass is 9.99. The zero-order valence-corrected chi connectivity index (χ0v) is 40.6. The molecule has 0 unspecified atom stereocenters. The molecule has 6 rings (SSSR count). The van der Waals surface area contributed by atoms with Gasteiger partial charge in [-0.15, -0.1) is 0 Å². The first-order valence-electron chi connectivity index (χ1n) is 25.5. The van der Waals surface area contributed by atoms with Crippen LogP contribution in [0.2, 0.25) is 0 Å². The minimum Gasteiger partial charge on any atom is -0.497 e. The van der Waals surface area contributed by atoms with Gasteiger partial charge in [-0.3, -0.25) is 14.8 Å². The Morgan fingerprint density at radius 3 is 1.66 bits per heavy atom. The maximum absolute atomic E-state index is 15.9. The number of hydrogen-bond acceptors (Lipinski definition) is 9. The zero-order chi connectivity index (χ0) is 45.2. The van der Waals surface area contributed by atoms with E-state index in [9.17, 15) is 8.42 Å². The molecule has 0 amide bonds. The van der Waals surface area contributed by atoms with E-state index >= 15 is 8.78 Å². The molecule has 3 saturated heterocycles. The molecule has 3 aliphatic heterocycles. The van der Waals surface area contributed by atoms with Gasteiger partial charge in [-0.05, 0) is 76.0 Å². The molecule has 3 aliphatic rings. The van der Waals surface area contributed by atoms with Crippen LogP contribution in [0.1, 0.15) is 155 Å². The van der Waals surface area contributed by atoms with Crippen LogP contribution in [-0.2, 0) is 9.84 Å². The lowest BCUT2D eigenvalue weighted by Crippen LogP contribution is -2.56. The molecule has 2 aromatic carbocycles. The number of sulfone groups is 1. The summed E-state index contributed by atoms with van der Waals surface area (Å²) in [7, 11) is -2.98. The SMILES string of the molecule is CCCCCCCCCCCCCCCCCCCCOc1cc(F)c(S(=O)(=O)c2cnc3ccc(OC)cc3c2N2CCC(N3CCN(C4CCN(CC)CC4)CC3)CC2)cc1F. The molecule has 0 bridgehead atoms. The van der Waals surface area contributed by atoms with Crippen molar-refractivity contribution in [2.75, 3.05) is 77.5 Å². The van der Waals surface area contributed by atoms with Crippen molar-refractivity contribution < 1.29 is 26.7 Å². The van der Waals surface area contributed by atoms with Gasteiger partial charge < -0.3 is 19.3 Å². The van der Waals surface area contributed by atoms with Crippen LogP contribution in [0.4, 0.5) is 14.5 Å². The first kappa shape index (κ1) is 50.4. The third kappa shape index (κ3) is 14.2. The Labute approximate surface area is 385 Å². The number of anilines is 1. The highest BCUT2D eigenvalue weighted by Crippen LogP contribution is 2.40. The van der Waals surface area contributed by atoms with Crippen molar-refractivity contribution in [2.24, 2.45) is 0 Å². The number of benzene rings is 2. The van der Waals surface area contributed by atoms with Crippen molar-refractivity contribution in [2.45, 2.75) is 177 Å². The lowest BCUT2D eigenvalue weighted by molar-refractivity contribution is 0.0384. The molecule has 3 aromatic rings. The van der Waals surface area contributed by atoms with Crippen molar-refractivity contribution >= 4 is 26.4 Å². The fraction of sp³-hybridized carbons (Fsp3) is 0.712. The van der Waals surface area contributed by atoms with Crippen molar-refractivity contribution in [1.82, 2.24) is 19.7 Å². The first-order valence-corrected chi connectivity index (χ1v) is 27.0. The van der Waals surface area contributed by atoms with Gasteiger partial charge in [-0.25, -0.2) is 17.2 Å². The molecule has 0 radical (unpaired) electrons. The molecule has 0 atom stereocenters. The van der Waals surface area contributed by atoms with Crippen LogP contribution in [-0.4, -0.2) is 113 Å². The Hall–Kier alpha value is -3.06. The van der Waals surface area contributed by atoms with E-state index in [1.165, 1.54) is 128 Å². The van der Waals surface area contributed by atoms with E-state index in [1.807, 2.05) is 0 Å². The maximum atomic E-state index is 15.9. The normalized spacial score (nSPS) is 17.7. The van der Waals surface area contributed by atoms with E-state index in [4.69, 9.17) is 9.47 Å². The van der Waals surface area contributed by atoms with Crippen molar-refractivity contribution in [3.8, 4) is 11.5 Å². The Kier molecular flexibility index (Phi) is 20.7. The summed E-state index contributed by atoms with van der Waals surface area (Å²) in [5, 5.41) is 0.604. The van der Waals surface area contributed by atoms with Gasteiger partial charge in [0, 0.05) is 69.0 Å². The minimum absolute atomic E-state index is 0.139. The lowest BCUT2D eigenvalue weighted by Gasteiger charge is -2.46. The molecular weight excluding hydrogens is 829 g/mol. The van der Waals surface area contributed by atoms with E-state index in [-0.39, 0.29) is 17.3 Å². The number of piperidine rings is 2. The molecule has 358 valence electrons. The van der Waals surface area contributed by atoms with Gasteiger partial charge in [0.2, 0.25) is 9.84 Å². The van der Waals surface area contributed by atoms with Crippen molar-refractivity contribution in [3.63, 3.8) is 0 Å². The second-order valence-corrected chi connectivity index (χ2v) is 20.8. The van der Waals surface area contributed by atoms with Crippen LogP contribution in [0.5, 0.6) is 11.5 Å². The molecule has 3 fully saturated rings. The van der Waals surface area contributed by atoms with E-state index < -0.39 is 26.4 Å². The van der Waals surface area contributed by atoms with Crippen molar-refractivity contribution in [1.29, 1.82) is 0 Å². The summed E-state index contributed by atoms with van der Waals surface area (Å²) < 4.78 is 71.7. The van der Waals surface area contributed by atoms with Gasteiger partial charge in [0.25, 0.3) is 0 Å². The van der Waals surface area contributed by atoms with E-state index in [2.05, 4.69) is 38.4 Å². The van der Waals surface area contributed by atoms with E-state index in [0.717, 1.165) is 77.0 Å². The second kappa shape index (κ2) is 26.3. The summed E-state index contributed by atoms with van der Waals surface area (Å²) >= 11 is 0. The van der Waals surface area contributed by atoms with Crippen LogP contribution in [0.3, 0.4) is 0 Å². The van der Waals surface area contributed by atoms with E-state index in [1.54, 1.807) is 25.3 Å². The summed E-state index contributed by atoms with van der Waals surface area (Å²) in [5.41, 5.74) is 1.06. The summed E-state index contributed by atoms with van der Waals surface area (Å²) in [6.45, 7) is 13.8. The molecule has 0 spiro atoms. The number of pyridine rings is 1. The summed E-state index contributed by atoms with van der Waals surface area (Å²) in [4.78, 5) is 13.6. The number of piperazine rings is 1. The molecule has 64 heavy (non-hydrogen) atoms. The Balaban J connectivity index is 0.974. The monoisotopic (exact) mass is 910 g/mol. The second-order valence-electron chi connectivity index (χ2n) is 18.9. The number of nitrogens with zero attached hydrogens (tertiary/aromatic N) is 5. The standard InChI is InChI=1S/C52H81F2N5O4S/c1-4-6-7-8-9-10-11-12-13-14-15-16-17-18-19-20-21-22-37-63-49-39-47(54)50(40-46(49)53)64(60,61)51-41-55-48-24-23-44(62-3)38-45(48)52(51)59-31-27-43(28-32-59)58-35-33-57(34-36-58)42-25-29-56(5-2)30-26-42/h23-24,38-43H,4-22,25-37H2,1-3H3.